The molecule has 0 bridgehead atoms. The molecule has 0 amide bonds. The molecule has 82 valence electrons. The van der Waals surface area contributed by atoms with E-state index in [1.165, 1.54) is 16.7 Å². The topological polar surface area (TPSA) is 12.0 Å². The first-order valence-corrected chi connectivity index (χ1v) is 5.53. The van der Waals surface area contributed by atoms with E-state index in [-0.39, 0.29) is 0 Å². The van der Waals surface area contributed by atoms with Crippen molar-refractivity contribution in [1.29, 1.82) is 0 Å². The predicted octanol–water partition coefficient (Wildman–Crippen LogP) is 3.61. The van der Waals surface area contributed by atoms with Crippen molar-refractivity contribution in [2.24, 2.45) is 0 Å². The van der Waals surface area contributed by atoms with Crippen molar-refractivity contribution in [1.82, 2.24) is 5.32 Å². The van der Waals surface area contributed by atoms with Crippen LogP contribution in [-0.4, -0.2) is 6.54 Å². The Morgan fingerprint density at radius 1 is 1.33 bits per heavy atom. The average Bonchev–Trinajstić information content (AvgIpc) is 2.17. The zero-order valence-corrected chi connectivity index (χ0v) is 10.2. The largest absolute Gasteiger partial charge is 0.307 e. The molecular formula is C14H21N. The van der Waals surface area contributed by atoms with Crippen LogP contribution in [0.1, 0.15) is 37.9 Å². The summed E-state index contributed by atoms with van der Waals surface area (Å²) in [6, 6.07) is 8.95. The summed E-state index contributed by atoms with van der Waals surface area (Å²) in [5, 5.41) is 3.49. The molecule has 1 aromatic carbocycles. The maximum atomic E-state index is 3.49. The van der Waals surface area contributed by atoms with Gasteiger partial charge in [-0.15, -0.1) is 0 Å². The quantitative estimate of drug-likeness (QED) is 0.737. The molecule has 1 atom stereocenters. The van der Waals surface area contributed by atoms with Crippen molar-refractivity contribution in [3.63, 3.8) is 0 Å². The van der Waals surface area contributed by atoms with Crippen LogP contribution in [0.2, 0.25) is 0 Å². The molecule has 0 spiro atoms. The van der Waals surface area contributed by atoms with Gasteiger partial charge in [-0.25, -0.2) is 0 Å². The van der Waals surface area contributed by atoms with E-state index in [4.69, 9.17) is 0 Å². The summed E-state index contributed by atoms with van der Waals surface area (Å²) < 4.78 is 0. The number of hydrogen-bond donors (Lipinski definition) is 1. The van der Waals surface area contributed by atoms with E-state index >= 15 is 0 Å². The summed E-state index contributed by atoms with van der Waals surface area (Å²) in [5.74, 6) is 0. The lowest BCUT2D eigenvalue weighted by molar-refractivity contribution is 0.613. The van der Waals surface area contributed by atoms with Gasteiger partial charge in [-0.05, 0) is 38.8 Å². The van der Waals surface area contributed by atoms with E-state index in [1.807, 2.05) is 0 Å². The molecule has 0 saturated heterocycles. The van der Waals surface area contributed by atoms with E-state index in [0.29, 0.717) is 6.04 Å². The lowest BCUT2D eigenvalue weighted by Gasteiger charge is -2.15. The van der Waals surface area contributed by atoms with Crippen molar-refractivity contribution >= 4 is 0 Å². The van der Waals surface area contributed by atoms with Crippen LogP contribution in [0, 0.1) is 6.92 Å². The van der Waals surface area contributed by atoms with Crippen LogP contribution in [0.4, 0.5) is 0 Å². The molecule has 0 aliphatic rings. The molecule has 0 saturated carbocycles. The Morgan fingerprint density at radius 3 is 2.60 bits per heavy atom. The van der Waals surface area contributed by atoms with Crippen LogP contribution in [0.5, 0.6) is 0 Å². The Kier molecular flexibility index (Phi) is 4.57. The van der Waals surface area contributed by atoms with Gasteiger partial charge >= 0.3 is 0 Å². The van der Waals surface area contributed by atoms with Gasteiger partial charge in [0, 0.05) is 12.6 Å². The molecule has 0 unspecified atom stereocenters. The fourth-order valence-corrected chi connectivity index (χ4v) is 1.62. The minimum absolute atomic E-state index is 0.418. The standard InChI is InChI=1S/C14H21N/c1-11(2)9-10-15-13(4)14-8-6-5-7-12(14)3/h5-9,13,15H,10H2,1-4H3/t13-/m1/s1. The van der Waals surface area contributed by atoms with Gasteiger partial charge in [-0.2, -0.15) is 0 Å². The molecule has 15 heavy (non-hydrogen) atoms. The molecule has 1 N–H and O–H groups in total. The first kappa shape index (κ1) is 12.0. The highest BCUT2D eigenvalue weighted by molar-refractivity contribution is 5.28. The summed E-state index contributed by atoms with van der Waals surface area (Å²) in [6.45, 7) is 9.56. The Balaban J connectivity index is 2.58. The number of nitrogens with one attached hydrogen (secondary N) is 1. The van der Waals surface area contributed by atoms with Gasteiger partial charge < -0.3 is 5.32 Å². The van der Waals surface area contributed by atoms with E-state index < -0.39 is 0 Å². The first-order valence-electron chi connectivity index (χ1n) is 5.53. The fraction of sp³-hybridized carbons (Fsp3) is 0.429. The minimum atomic E-state index is 0.418. The van der Waals surface area contributed by atoms with Crippen LogP contribution in [0.25, 0.3) is 0 Å². The average molecular weight is 203 g/mol. The summed E-state index contributed by atoms with van der Waals surface area (Å²) in [4.78, 5) is 0. The number of hydrogen-bond acceptors (Lipinski definition) is 1. The molecular weight excluding hydrogens is 182 g/mol. The molecule has 1 rings (SSSR count). The second kappa shape index (κ2) is 5.72. The lowest BCUT2D eigenvalue weighted by atomic mass is 10.0. The van der Waals surface area contributed by atoms with Gasteiger partial charge in [0.2, 0.25) is 0 Å². The molecule has 0 fully saturated rings. The molecule has 1 aromatic rings. The van der Waals surface area contributed by atoms with Crippen LogP contribution in [0.3, 0.4) is 0 Å². The van der Waals surface area contributed by atoms with Gasteiger partial charge in [-0.3, -0.25) is 0 Å². The third kappa shape index (κ3) is 3.88. The highest BCUT2D eigenvalue weighted by Crippen LogP contribution is 2.16. The third-order valence-corrected chi connectivity index (χ3v) is 2.59. The molecule has 1 nitrogen and oxygen atoms in total. The van der Waals surface area contributed by atoms with E-state index in [0.717, 1.165) is 6.54 Å². The summed E-state index contributed by atoms with van der Waals surface area (Å²) in [7, 11) is 0. The monoisotopic (exact) mass is 203 g/mol. The fourth-order valence-electron chi connectivity index (χ4n) is 1.62. The van der Waals surface area contributed by atoms with Crippen molar-refractivity contribution in [3.05, 3.63) is 47.0 Å². The van der Waals surface area contributed by atoms with Gasteiger partial charge in [-0.1, -0.05) is 35.9 Å². The Hall–Kier alpha value is -1.08. The second-order valence-corrected chi connectivity index (χ2v) is 4.27. The van der Waals surface area contributed by atoms with Crippen LogP contribution in [0.15, 0.2) is 35.9 Å². The molecule has 0 aromatic heterocycles. The van der Waals surface area contributed by atoms with Crippen molar-refractivity contribution in [2.45, 2.75) is 33.7 Å². The second-order valence-electron chi connectivity index (χ2n) is 4.27. The molecule has 0 heterocycles. The summed E-state index contributed by atoms with van der Waals surface area (Å²) >= 11 is 0. The molecule has 0 aliphatic carbocycles. The van der Waals surface area contributed by atoms with Crippen molar-refractivity contribution < 1.29 is 0 Å². The third-order valence-electron chi connectivity index (χ3n) is 2.59. The molecule has 1 heteroatoms. The maximum absolute atomic E-state index is 3.49. The van der Waals surface area contributed by atoms with E-state index in [2.05, 4.69) is 63.4 Å². The van der Waals surface area contributed by atoms with E-state index in [1.54, 1.807) is 0 Å². The highest BCUT2D eigenvalue weighted by atomic mass is 14.9. The molecule has 0 aliphatic heterocycles. The number of benzene rings is 1. The smallest absolute Gasteiger partial charge is 0.0297 e. The summed E-state index contributed by atoms with van der Waals surface area (Å²) in [5.41, 5.74) is 4.11. The maximum Gasteiger partial charge on any atom is 0.0297 e. The zero-order chi connectivity index (χ0) is 11.3. The van der Waals surface area contributed by atoms with Crippen LogP contribution >= 0.6 is 0 Å². The SMILES string of the molecule is CC(C)=CCN[C@H](C)c1ccccc1C. The van der Waals surface area contributed by atoms with Gasteiger partial charge in [0.15, 0.2) is 0 Å². The molecule has 0 radical (unpaired) electrons. The number of aryl methyl sites for hydroxylation is 1. The Bertz CT molecular complexity index is 335. The highest BCUT2D eigenvalue weighted by Gasteiger charge is 2.05. The predicted molar refractivity (Wildman–Crippen MR) is 67.0 cm³/mol. The van der Waals surface area contributed by atoms with Gasteiger partial charge in [0.25, 0.3) is 0 Å². The van der Waals surface area contributed by atoms with Crippen LogP contribution in [-0.2, 0) is 0 Å². The lowest BCUT2D eigenvalue weighted by Crippen LogP contribution is -2.19. The number of rotatable bonds is 4. The van der Waals surface area contributed by atoms with Gasteiger partial charge in [0.05, 0.1) is 0 Å². The first-order chi connectivity index (χ1) is 7.11. The van der Waals surface area contributed by atoms with Crippen LogP contribution < -0.4 is 5.32 Å². The normalized spacial score (nSPS) is 12.3. The zero-order valence-electron chi connectivity index (χ0n) is 10.2. The minimum Gasteiger partial charge on any atom is -0.307 e. The van der Waals surface area contributed by atoms with Crippen molar-refractivity contribution in [2.75, 3.05) is 6.54 Å². The van der Waals surface area contributed by atoms with Gasteiger partial charge in [0.1, 0.15) is 0 Å². The number of allylic oxidation sites excluding steroid dienone is 1. The Labute approximate surface area is 93.2 Å². The summed E-state index contributed by atoms with van der Waals surface area (Å²) in [6.07, 6.45) is 2.22. The van der Waals surface area contributed by atoms with Crippen molar-refractivity contribution in [3.8, 4) is 0 Å². The van der Waals surface area contributed by atoms with E-state index in [9.17, 15) is 0 Å². The Morgan fingerprint density at radius 2 is 2.00 bits per heavy atom.